The second-order valence-electron chi connectivity index (χ2n) is 6.02. The Balaban J connectivity index is 1.80. The van der Waals surface area contributed by atoms with Crippen molar-refractivity contribution in [1.29, 1.82) is 0 Å². The lowest BCUT2D eigenvalue weighted by Crippen LogP contribution is -2.20. The zero-order valence-electron chi connectivity index (χ0n) is 14.3. The van der Waals surface area contributed by atoms with Gasteiger partial charge < -0.3 is 10.2 Å². The van der Waals surface area contributed by atoms with E-state index in [2.05, 4.69) is 0 Å². The zero-order valence-corrected chi connectivity index (χ0v) is 15.9. The van der Waals surface area contributed by atoms with Gasteiger partial charge in [0.1, 0.15) is 0 Å². The first-order valence-electron chi connectivity index (χ1n) is 8.34. The maximum atomic E-state index is 11.5. The molecule has 2 unspecified atom stereocenters. The number of carboxylic acid groups (broad SMARTS) is 2. The summed E-state index contributed by atoms with van der Waals surface area (Å²) in [7, 11) is 2.88. The Morgan fingerprint density at radius 2 is 1.04 bits per heavy atom. The van der Waals surface area contributed by atoms with E-state index in [1.54, 1.807) is 0 Å². The van der Waals surface area contributed by atoms with Crippen molar-refractivity contribution in [3.8, 4) is 0 Å². The fraction of sp³-hybridized carbons (Fsp3) is 0.300. The third-order valence-electron chi connectivity index (χ3n) is 3.97. The molecule has 0 aliphatic carbocycles. The summed E-state index contributed by atoms with van der Waals surface area (Å²) in [5.74, 6) is -1.69. The standard InChI is InChI=1S/C20H22O4S2/c21-19(22)17(11-15-7-3-1-4-8-15)13-25-26-14-18(20(23)24)12-16-9-5-2-6-10-16/h1-10,17-18H,11-14H2,(H,21,22)(H,23,24). The number of rotatable bonds is 11. The maximum absolute atomic E-state index is 11.5. The first kappa shape index (κ1) is 20.4. The molecule has 0 heterocycles. The van der Waals surface area contributed by atoms with Crippen LogP contribution in [0.3, 0.4) is 0 Å². The van der Waals surface area contributed by atoms with Gasteiger partial charge in [-0.15, -0.1) is 0 Å². The molecule has 0 amide bonds. The minimum atomic E-state index is -0.818. The summed E-state index contributed by atoms with van der Waals surface area (Å²) < 4.78 is 0. The van der Waals surface area contributed by atoms with Crippen LogP contribution < -0.4 is 0 Å². The number of aliphatic carboxylic acids is 2. The molecule has 4 nitrogen and oxygen atoms in total. The molecule has 0 spiro atoms. The van der Waals surface area contributed by atoms with Gasteiger partial charge in [-0.1, -0.05) is 82.3 Å². The van der Waals surface area contributed by atoms with Crippen molar-refractivity contribution in [3.63, 3.8) is 0 Å². The van der Waals surface area contributed by atoms with Gasteiger partial charge in [0.05, 0.1) is 11.8 Å². The van der Waals surface area contributed by atoms with Crippen molar-refractivity contribution in [2.75, 3.05) is 11.5 Å². The highest BCUT2D eigenvalue weighted by Gasteiger charge is 2.21. The van der Waals surface area contributed by atoms with Crippen LogP contribution in [0, 0.1) is 11.8 Å². The second kappa shape index (κ2) is 10.9. The fourth-order valence-corrected chi connectivity index (χ4v) is 5.10. The molecular formula is C20H22O4S2. The summed E-state index contributed by atoms with van der Waals surface area (Å²) in [5, 5.41) is 18.8. The average molecular weight is 391 g/mol. The fourth-order valence-electron chi connectivity index (χ4n) is 2.49. The number of benzene rings is 2. The number of carboxylic acids is 2. The Bertz CT molecular complexity index is 630. The van der Waals surface area contributed by atoms with Crippen molar-refractivity contribution >= 4 is 33.5 Å². The van der Waals surface area contributed by atoms with E-state index in [4.69, 9.17) is 0 Å². The lowest BCUT2D eigenvalue weighted by molar-refractivity contribution is -0.141. The molecule has 26 heavy (non-hydrogen) atoms. The molecule has 0 saturated carbocycles. The van der Waals surface area contributed by atoms with Gasteiger partial charge in [-0.2, -0.15) is 0 Å². The van der Waals surface area contributed by atoms with E-state index in [0.29, 0.717) is 24.3 Å². The number of carbonyl (C=O) groups is 2. The molecule has 0 radical (unpaired) electrons. The molecular weight excluding hydrogens is 368 g/mol. The largest absolute Gasteiger partial charge is 0.481 e. The summed E-state index contributed by atoms with van der Waals surface area (Å²) in [6, 6.07) is 19.1. The van der Waals surface area contributed by atoms with Gasteiger partial charge in [-0.05, 0) is 24.0 Å². The monoisotopic (exact) mass is 390 g/mol. The Morgan fingerprint density at radius 3 is 1.35 bits per heavy atom. The van der Waals surface area contributed by atoms with Crippen LogP contribution >= 0.6 is 21.6 Å². The lowest BCUT2D eigenvalue weighted by Gasteiger charge is -2.14. The number of hydrogen-bond acceptors (Lipinski definition) is 4. The highest BCUT2D eigenvalue weighted by atomic mass is 33.1. The third-order valence-corrected chi connectivity index (χ3v) is 6.53. The molecule has 2 rings (SSSR count). The molecule has 0 fully saturated rings. The molecule has 2 N–H and O–H groups in total. The number of hydrogen-bond donors (Lipinski definition) is 2. The Kier molecular flexibility index (Phi) is 8.58. The molecule has 6 heteroatoms. The first-order chi connectivity index (χ1) is 12.6. The molecule has 138 valence electrons. The van der Waals surface area contributed by atoms with E-state index in [1.165, 1.54) is 21.6 Å². The lowest BCUT2D eigenvalue weighted by atomic mass is 10.0. The molecule has 0 aromatic heterocycles. The van der Waals surface area contributed by atoms with Crippen molar-refractivity contribution in [1.82, 2.24) is 0 Å². The van der Waals surface area contributed by atoms with E-state index in [9.17, 15) is 19.8 Å². The Labute approximate surface area is 161 Å². The summed E-state index contributed by atoms with van der Waals surface area (Å²) in [4.78, 5) is 22.9. The Hall–Kier alpha value is -1.92. The van der Waals surface area contributed by atoms with Crippen LogP contribution in [0.15, 0.2) is 60.7 Å². The molecule has 2 atom stereocenters. The van der Waals surface area contributed by atoms with Crippen molar-refractivity contribution in [2.45, 2.75) is 12.8 Å². The smallest absolute Gasteiger partial charge is 0.307 e. The van der Waals surface area contributed by atoms with Crippen LogP contribution in [-0.2, 0) is 22.4 Å². The normalized spacial score (nSPS) is 13.1. The highest BCUT2D eigenvalue weighted by molar-refractivity contribution is 8.76. The van der Waals surface area contributed by atoms with E-state index < -0.39 is 23.8 Å². The van der Waals surface area contributed by atoms with Gasteiger partial charge in [0.2, 0.25) is 0 Å². The predicted molar refractivity (Wildman–Crippen MR) is 107 cm³/mol. The van der Waals surface area contributed by atoms with Crippen LogP contribution in [0.2, 0.25) is 0 Å². The molecule has 0 saturated heterocycles. The topological polar surface area (TPSA) is 74.6 Å². The summed E-state index contributed by atoms with van der Waals surface area (Å²) in [5.41, 5.74) is 2.00. The summed E-state index contributed by atoms with van der Waals surface area (Å²) in [6.07, 6.45) is 0.964. The summed E-state index contributed by atoms with van der Waals surface area (Å²) in [6.45, 7) is 0. The summed E-state index contributed by atoms with van der Waals surface area (Å²) >= 11 is 0. The van der Waals surface area contributed by atoms with E-state index >= 15 is 0 Å². The van der Waals surface area contributed by atoms with Gasteiger partial charge in [0.15, 0.2) is 0 Å². The van der Waals surface area contributed by atoms with Crippen LogP contribution in [0.4, 0.5) is 0 Å². The minimum Gasteiger partial charge on any atom is -0.481 e. The van der Waals surface area contributed by atoms with E-state index in [0.717, 1.165) is 11.1 Å². The second-order valence-corrected chi connectivity index (χ2v) is 8.57. The van der Waals surface area contributed by atoms with Gasteiger partial charge in [0, 0.05) is 11.5 Å². The quantitative estimate of drug-likeness (QED) is 0.441. The maximum Gasteiger partial charge on any atom is 0.307 e. The molecule has 0 bridgehead atoms. The van der Waals surface area contributed by atoms with Gasteiger partial charge in [-0.25, -0.2) is 0 Å². The zero-order chi connectivity index (χ0) is 18.8. The van der Waals surface area contributed by atoms with Crippen LogP contribution in [0.1, 0.15) is 11.1 Å². The molecule has 2 aromatic rings. The first-order valence-corrected chi connectivity index (χ1v) is 10.8. The van der Waals surface area contributed by atoms with Crippen molar-refractivity contribution in [2.24, 2.45) is 11.8 Å². The molecule has 2 aromatic carbocycles. The molecule has 0 aliphatic rings. The van der Waals surface area contributed by atoms with Gasteiger partial charge >= 0.3 is 11.9 Å². The predicted octanol–water partition coefficient (Wildman–Crippen LogP) is 4.25. The van der Waals surface area contributed by atoms with Gasteiger partial charge in [-0.3, -0.25) is 9.59 Å². The average Bonchev–Trinajstić information content (AvgIpc) is 2.64. The van der Waals surface area contributed by atoms with Gasteiger partial charge in [0.25, 0.3) is 0 Å². The van der Waals surface area contributed by atoms with E-state index in [1.807, 2.05) is 60.7 Å². The van der Waals surface area contributed by atoms with Crippen LogP contribution in [0.5, 0.6) is 0 Å². The Morgan fingerprint density at radius 1 is 0.692 bits per heavy atom. The van der Waals surface area contributed by atoms with Crippen LogP contribution in [-0.4, -0.2) is 33.7 Å². The van der Waals surface area contributed by atoms with Crippen molar-refractivity contribution < 1.29 is 19.8 Å². The third kappa shape index (κ3) is 7.14. The minimum absolute atomic E-state index is 0.451. The van der Waals surface area contributed by atoms with Crippen LogP contribution in [0.25, 0.3) is 0 Å². The van der Waals surface area contributed by atoms with E-state index in [-0.39, 0.29) is 0 Å². The molecule has 0 aliphatic heterocycles. The highest BCUT2D eigenvalue weighted by Crippen LogP contribution is 2.29. The van der Waals surface area contributed by atoms with Crippen molar-refractivity contribution in [3.05, 3.63) is 71.8 Å². The SMILES string of the molecule is O=C(O)C(CSSCC(Cc1ccccc1)C(=O)O)Cc1ccccc1.